The minimum absolute atomic E-state index is 0.00712. The maximum atomic E-state index is 13.1. The Balaban J connectivity index is 1.58. The van der Waals surface area contributed by atoms with Crippen LogP contribution in [0.1, 0.15) is 34.1 Å². The minimum atomic E-state index is -0.248. The van der Waals surface area contributed by atoms with Crippen molar-refractivity contribution in [1.82, 2.24) is 15.1 Å². The standard InChI is InChI=1S/C26H36N4O2/c1-20(30-16-10-15-29(17-18-30)19-24(31)28-26(2,3)4)25(32)27-23-14-9-8-13-22(23)21-11-6-5-7-12-21/h5-9,11-14,20H,10,15-19H2,1-4H3,(H,27,32)(H,28,31). The van der Waals surface area contributed by atoms with E-state index >= 15 is 0 Å². The zero-order valence-corrected chi connectivity index (χ0v) is 19.7. The second-order valence-electron chi connectivity index (χ2n) is 9.54. The van der Waals surface area contributed by atoms with Crippen molar-refractivity contribution in [3.8, 4) is 11.1 Å². The number of rotatable bonds is 6. The van der Waals surface area contributed by atoms with Crippen LogP contribution in [0.15, 0.2) is 54.6 Å². The Hall–Kier alpha value is -2.70. The number of benzene rings is 2. The molecule has 0 saturated carbocycles. The molecular weight excluding hydrogens is 400 g/mol. The van der Waals surface area contributed by atoms with Gasteiger partial charge in [0.2, 0.25) is 11.8 Å². The quantitative estimate of drug-likeness (QED) is 0.726. The predicted molar refractivity (Wildman–Crippen MR) is 130 cm³/mol. The first-order chi connectivity index (χ1) is 15.2. The number of hydrogen-bond acceptors (Lipinski definition) is 4. The summed E-state index contributed by atoms with van der Waals surface area (Å²) in [6, 6.07) is 17.8. The fourth-order valence-corrected chi connectivity index (χ4v) is 4.06. The summed E-state index contributed by atoms with van der Waals surface area (Å²) in [5.41, 5.74) is 2.69. The molecule has 1 fully saturated rings. The molecule has 0 aromatic heterocycles. The van der Waals surface area contributed by atoms with E-state index in [4.69, 9.17) is 0 Å². The lowest BCUT2D eigenvalue weighted by Gasteiger charge is -2.27. The summed E-state index contributed by atoms with van der Waals surface area (Å²) in [5, 5.41) is 6.16. The molecule has 0 radical (unpaired) electrons. The molecule has 1 unspecified atom stereocenters. The van der Waals surface area contributed by atoms with Crippen LogP contribution in [0.25, 0.3) is 11.1 Å². The molecule has 2 aromatic rings. The van der Waals surface area contributed by atoms with E-state index < -0.39 is 0 Å². The van der Waals surface area contributed by atoms with E-state index in [9.17, 15) is 9.59 Å². The second-order valence-corrected chi connectivity index (χ2v) is 9.54. The van der Waals surface area contributed by atoms with Crippen LogP contribution in [0.2, 0.25) is 0 Å². The molecule has 0 aliphatic carbocycles. The Labute approximate surface area is 192 Å². The monoisotopic (exact) mass is 436 g/mol. The zero-order chi connectivity index (χ0) is 23.1. The Morgan fingerprint density at radius 1 is 0.938 bits per heavy atom. The third-order valence-corrected chi connectivity index (χ3v) is 5.70. The molecule has 1 saturated heterocycles. The zero-order valence-electron chi connectivity index (χ0n) is 19.7. The number of anilines is 1. The van der Waals surface area contributed by atoms with Gasteiger partial charge >= 0.3 is 0 Å². The van der Waals surface area contributed by atoms with Crippen molar-refractivity contribution in [2.45, 2.75) is 45.7 Å². The highest BCUT2D eigenvalue weighted by atomic mass is 16.2. The van der Waals surface area contributed by atoms with Gasteiger partial charge in [0.15, 0.2) is 0 Å². The molecule has 172 valence electrons. The van der Waals surface area contributed by atoms with Gasteiger partial charge in [0.25, 0.3) is 0 Å². The molecule has 6 heteroatoms. The lowest BCUT2D eigenvalue weighted by molar-refractivity contribution is -0.124. The van der Waals surface area contributed by atoms with Gasteiger partial charge in [-0.25, -0.2) is 0 Å². The molecule has 32 heavy (non-hydrogen) atoms. The molecule has 0 spiro atoms. The van der Waals surface area contributed by atoms with Crippen LogP contribution in [0.3, 0.4) is 0 Å². The van der Waals surface area contributed by atoms with Crippen molar-refractivity contribution in [2.24, 2.45) is 0 Å². The SMILES string of the molecule is CC(C(=O)Nc1ccccc1-c1ccccc1)N1CCCN(CC(=O)NC(C)(C)C)CC1. The number of carbonyl (C=O) groups excluding carboxylic acids is 2. The second kappa shape index (κ2) is 10.7. The van der Waals surface area contributed by atoms with Gasteiger partial charge in [-0.05, 0) is 52.3 Å². The highest BCUT2D eigenvalue weighted by molar-refractivity contribution is 5.98. The van der Waals surface area contributed by atoms with Crippen LogP contribution in [0, 0.1) is 0 Å². The lowest BCUT2D eigenvalue weighted by atomic mass is 10.0. The van der Waals surface area contributed by atoms with Crippen molar-refractivity contribution in [3.05, 3.63) is 54.6 Å². The Bertz CT molecular complexity index is 908. The maximum Gasteiger partial charge on any atom is 0.241 e. The highest BCUT2D eigenvalue weighted by Crippen LogP contribution is 2.27. The van der Waals surface area contributed by atoms with Gasteiger partial charge in [-0.15, -0.1) is 0 Å². The molecule has 2 aromatic carbocycles. The highest BCUT2D eigenvalue weighted by Gasteiger charge is 2.26. The first-order valence-electron chi connectivity index (χ1n) is 11.5. The Morgan fingerprint density at radius 2 is 1.62 bits per heavy atom. The van der Waals surface area contributed by atoms with Crippen molar-refractivity contribution in [1.29, 1.82) is 0 Å². The summed E-state index contributed by atoms with van der Waals surface area (Å²) < 4.78 is 0. The number of para-hydroxylation sites is 1. The number of carbonyl (C=O) groups is 2. The minimum Gasteiger partial charge on any atom is -0.350 e. The molecule has 1 aliphatic heterocycles. The van der Waals surface area contributed by atoms with Crippen LogP contribution < -0.4 is 10.6 Å². The summed E-state index contributed by atoms with van der Waals surface area (Å²) in [4.78, 5) is 29.8. The first kappa shape index (κ1) is 24.0. The molecule has 6 nitrogen and oxygen atoms in total. The molecule has 0 bridgehead atoms. The third-order valence-electron chi connectivity index (χ3n) is 5.70. The summed E-state index contributed by atoms with van der Waals surface area (Å²) in [6.07, 6.45) is 0.932. The summed E-state index contributed by atoms with van der Waals surface area (Å²) in [7, 11) is 0. The summed E-state index contributed by atoms with van der Waals surface area (Å²) >= 11 is 0. The van der Waals surface area contributed by atoms with E-state index in [1.165, 1.54) is 0 Å². The van der Waals surface area contributed by atoms with Crippen molar-refractivity contribution in [3.63, 3.8) is 0 Å². The van der Waals surface area contributed by atoms with Gasteiger partial charge in [0, 0.05) is 36.4 Å². The lowest BCUT2D eigenvalue weighted by Crippen LogP contribution is -2.47. The number of hydrogen-bond donors (Lipinski definition) is 2. The smallest absolute Gasteiger partial charge is 0.241 e. The largest absolute Gasteiger partial charge is 0.350 e. The molecule has 1 heterocycles. The van der Waals surface area contributed by atoms with E-state index in [0.29, 0.717) is 6.54 Å². The molecule has 2 amide bonds. The molecular formula is C26H36N4O2. The van der Waals surface area contributed by atoms with Gasteiger partial charge < -0.3 is 10.6 Å². The van der Waals surface area contributed by atoms with E-state index in [1.54, 1.807) is 0 Å². The summed E-state index contributed by atoms with van der Waals surface area (Å²) in [6.45, 7) is 11.6. The van der Waals surface area contributed by atoms with Crippen molar-refractivity contribution in [2.75, 3.05) is 38.0 Å². The average Bonchev–Trinajstić information content (AvgIpc) is 2.98. The fraction of sp³-hybridized carbons (Fsp3) is 0.462. The topological polar surface area (TPSA) is 64.7 Å². The fourth-order valence-electron chi connectivity index (χ4n) is 4.06. The number of nitrogens with zero attached hydrogens (tertiary/aromatic N) is 2. The third kappa shape index (κ3) is 6.90. The van der Waals surface area contributed by atoms with Gasteiger partial charge in [-0.2, -0.15) is 0 Å². The van der Waals surface area contributed by atoms with Gasteiger partial charge in [0.1, 0.15) is 0 Å². The molecule has 1 atom stereocenters. The van der Waals surface area contributed by atoms with Crippen LogP contribution in [-0.2, 0) is 9.59 Å². The average molecular weight is 437 g/mol. The number of nitrogens with one attached hydrogen (secondary N) is 2. The maximum absolute atomic E-state index is 13.1. The summed E-state index contributed by atoms with van der Waals surface area (Å²) in [5.74, 6) is 0.0431. The normalized spacial score (nSPS) is 16.8. The van der Waals surface area contributed by atoms with Crippen molar-refractivity contribution >= 4 is 17.5 Å². The van der Waals surface area contributed by atoms with E-state index in [-0.39, 0.29) is 23.4 Å². The van der Waals surface area contributed by atoms with Crippen LogP contribution in [-0.4, -0.2) is 65.9 Å². The van der Waals surface area contributed by atoms with Gasteiger partial charge in [-0.3, -0.25) is 19.4 Å². The molecule has 1 aliphatic rings. The van der Waals surface area contributed by atoms with Crippen LogP contribution >= 0.6 is 0 Å². The Morgan fingerprint density at radius 3 is 2.34 bits per heavy atom. The first-order valence-corrected chi connectivity index (χ1v) is 11.5. The van der Waals surface area contributed by atoms with Crippen molar-refractivity contribution < 1.29 is 9.59 Å². The van der Waals surface area contributed by atoms with Gasteiger partial charge in [0.05, 0.1) is 12.6 Å². The van der Waals surface area contributed by atoms with E-state index in [1.807, 2.05) is 82.3 Å². The van der Waals surface area contributed by atoms with Crippen LogP contribution in [0.5, 0.6) is 0 Å². The van der Waals surface area contributed by atoms with Crippen LogP contribution in [0.4, 0.5) is 5.69 Å². The molecule has 2 N–H and O–H groups in total. The number of amides is 2. The van der Waals surface area contributed by atoms with Gasteiger partial charge in [-0.1, -0.05) is 48.5 Å². The van der Waals surface area contributed by atoms with E-state index in [0.717, 1.165) is 49.4 Å². The van der Waals surface area contributed by atoms with E-state index in [2.05, 4.69) is 20.4 Å². The Kier molecular flexibility index (Phi) is 8.04. The molecule has 3 rings (SSSR count). The predicted octanol–water partition coefficient (Wildman–Crippen LogP) is 3.60.